The van der Waals surface area contributed by atoms with Gasteiger partial charge in [0.1, 0.15) is 5.75 Å². The molecular weight excluding hydrogens is 228 g/mol. The first-order valence-electron chi connectivity index (χ1n) is 5.73. The number of carbonyl (C=O) groups excluding carboxylic acids is 1. The molecule has 18 heavy (non-hydrogen) atoms. The van der Waals surface area contributed by atoms with Crippen molar-refractivity contribution >= 4 is 5.91 Å². The fourth-order valence-electron chi connectivity index (χ4n) is 1.46. The molecule has 0 radical (unpaired) electrons. The maximum atomic E-state index is 11.3. The zero-order valence-electron chi connectivity index (χ0n) is 10.7. The van der Waals surface area contributed by atoms with E-state index in [0.29, 0.717) is 5.75 Å². The van der Waals surface area contributed by atoms with Crippen molar-refractivity contribution in [2.45, 2.75) is 19.9 Å². The summed E-state index contributed by atoms with van der Waals surface area (Å²) < 4.78 is 5.41. The minimum absolute atomic E-state index is 0.0170. The Morgan fingerprint density at radius 2 is 2.33 bits per heavy atom. The molecule has 0 aromatic heterocycles. The van der Waals surface area contributed by atoms with Gasteiger partial charge < -0.3 is 15.8 Å². The van der Waals surface area contributed by atoms with Crippen molar-refractivity contribution in [1.29, 1.82) is 0 Å². The zero-order chi connectivity index (χ0) is 13.5. The highest BCUT2D eigenvalue weighted by Gasteiger charge is 2.06. The molecule has 0 fully saturated rings. The lowest BCUT2D eigenvalue weighted by atomic mass is 10.1. The maximum Gasteiger partial charge on any atom is 0.258 e. The van der Waals surface area contributed by atoms with E-state index >= 15 is 0 Å². The molecule has 1 amide bonds. The fraction of sp³-hybridized carbons (Fsp3) is 0.357. The quantitative estimate of drug-likeness (QED) is 0.766. The molecule has 4 nitrogen and oxygen atoms in total. The van der Waals surface area contributed by atoms with Crippen LogP contribution in [-0.4, -0.2) is 19.1 Å². The van der Waals surface area contributed by atoms with E-state index in [-0.39, 0.29) is 25.1 Å². The highest BCUT2D eigenvalue weighted by atomic mass is 16.5. The molecule has 1 atom stereocenters. The number of carbonyl (C=O) groups is 1. The average Bonchev–Trinajstić information content (AvgIpc) is 2.34. The second kappa shape index (κ2) is 6.67. The van der Waals surface area contributed by atoms with Crippen molar-refractivity contribution in [3.05, 3.63) is 29.3 Å². The highest BCUT2D eigenvalue weighted by molar-refractivity contribution is 5.77. The number of hydrogen-bond donors (Lipinski definition) is 2. The van der Waals surface area contributed by atoms with Gasteiger partial charge in [0.25, 0.3) is 5.91 Å². The number of terminal acetylenes is 1. The lowest BCUT2D eigenvalue weighted by Gasteiger charge is -2.12. The van der Waals surface area contributed by atoms with Gasteiger partial charge in [-0.15, -0.1) is 6.42 Å². The molecule has 96 valence electrons. The number of amides is 1. The molecule has 0 aliphatic carbocycles. The summed E-state index contributed by atoms with van der Waals surface area (Å²) >= 11 is 0. The van der Waals surface area contributed by atoms with Gasteiger partial charge in [0.15, 0.2) is 6.61 Å². The molecule has 0 spiro atoms. The Morgan fingerprint density at radius 3 is 2.89 bits per heavy atom. The number of hydrogen-bond acceptors (Lipinski definition) is 3. The molecule has 0 saturated carbocycles. The smallest absolute Gasteiger partial charge is 0.258 e. The summed E-state index contributed by atoms with van der Waals surface area (Å²) in [6.07, 6.45) is 5.04. The Balaban J connectivity index is 2.58. The van der Waals surface area contributed by atoms with Crippen LogP contribution in [-0.2, 0) is 4.79 Å². The predicted octanol–water partition coefficient (Wildman–Crippen LogP) is 1.14. The number of ether oxygens (including phenoxy) is 1. The van der Waals surface area contributed by atoms with E-state index in [1.54, 1.807) is 0 Å². The first-order chi connectivity index (χ1) is 8.54. The molecule has 1 aromatic rings. The van der Waals surface area contributed by atoms with Crippen molar-refractivity contribution in [3.8, 4) is 18.1 Å². The normalized spacial score (nSPS) is 11.4. The van der Waals surface area contributed by atoms with Crippen LogP contribution in [0.3, 0.4) is 0 Å². The second-order valence-corrected chi connectivity index (χ2v) is 4.08. The molecule has 0 heterocycles. The van der Waals surface area contributed by atoms with Crippen molar-refractivity contribution in [2.24, 2.45) is 5.73 Å². The van der Waals surface area contributed by atoms with Crippen LogP contribution in [0.5, 0.6) is 5.75 Å². The summed E-state index contributed by atoms with van der Waals surface area (Å²) in [4.78, 5) is 11.3. The molecular formula is C14H18N2O2. The summed E-state index contributed by atoms with van der Waals surface area (Å²) in [5.41, 5.74) is 7.78. The Hall–Kier alpha value is -1.99. The molecule has 3 N–H and O–H groups in total. The minimum atomic E-state index is -0.233. The van der Waals surface area contributed by atoms with Crippen LogP contribution in [0.2, 0.25) is 0 Å². The van der Waals surface area contributed by atoms with Gasteiger partial charge in [-0.3, -0.25) is 4.79 Å². The maximum absolute atomic E-state index is 11.3. The van der Waals surface area contributed by atoms with Gasteiger partial charge >= 0.3 is 0 Å². The van der Waals surface area contributed by atoms with E-state index < -0.39 is 0 Å². The zero-order valence-corrected chi connectivity index (χ0v) is 10.7. The molecule has 0 aliphatic heterocycles. The van der Waals surface area contributed by atoms with Crippen LogP contribution >= 0.6 is 0 Å². The van der Waals surface area contributed by atoms with E-state index in [4.69, 9.17) is 16.9 Å². The van der Waals surface area contributed by atoms with Crippen LogP contribution in [0.4, 0.5) is 0 Å². The molecule has 1 unspecified atom stereocenters. The monoisotopic (exact) mass is 246 g/mol. The fourth-order valence-corrected chi connectivity index (χ4v) is 1.46. The number of nitrogens with two attached hydrogens (primary N) is 1. The standard InChI is InChI=1S/C14H18N2O2/c1-4-7-16-14(17)9-18-13-6-5-12(11(3)15)8-10(13)2/h1,5-6,8,11H,7,9,15H2,2-3H3,(H,16,17). The van der Waals surface area contributed by atoms with Gasteiger partial charge in [0.2, 0.25) is 0 Å². The van der Waals surface area contributed by atoms with E-state index in [9.17, 15) is 4.79 Å². The van der Waals surface area contributed by atoms with Crippen molar-refractivity contribution < 1.29 is 9.53 Å². The van der Waals surface area contributed by atoms with E-state index in [1.807, 2.05) is 32.0 Å². The average molecular weight is 246 g/mol. The molecule has 0 aliphatic rings. The third kappa shape index (κ3) is 4.11. The number of nitrogens with one attached hydrogen (secondary N) is 1. The van der Waals surface area contributed by atoms with Crippen LogP contribution < -0.4 is 15.8 Å². The molecule has 0 saturated heterocycles. The largest absolute Gasteiger partial charge is 0.484 e. The van der Waals surface area contributed by atoms with Crippen molar-refractivity contribution in [1.82, 2.24) is 5.32 Å². The number of benzene rings is 1. The first kappa shape index (κ1) is 14.1. The molecule has 4 heteroatoms. The summed E-state index contributed by atoms with van der Waals surface area (Å²) in [5, 5.41) is 2.53. The Morgan fingerprint density at radius 1 is 1.61 bits per heavy atom. The van der Waals surface area contributed by atoms with Crippen LogP contribution in [0.25, 0.3) is 0 Å². The summed E-state index contributed by atoms with van der Waals surface area (Å²) in [6.45, 7) is 4.01. The number of rotatable bonds is 5. The topological polar surface area (TPSA) is 64.3 Å². The third-order valence-corrected chi connectivity index (χ3v) is 2.47. The summed E-state index contributed by atoms with van der Waals surface area (Å²) in [7, 11) is 0. The van der Waals surface area contributed by atoms with E-state index in [0.717, 1.165) is 11.1 Å². The van der Waals surface area contributed by atoms with Gasteiger partial charge in [-0.25, -0.2) is 0 Å². The second-order valence-electron chi connectivity index (χ2n) is 4.08. The molecule has 1 aromatic carbocycles. The minimum Gasteiger partial charge on any atom is -0.484 e. The Bertz CT molecular complexity index is 461. The van der Waals surface area contributed by atoms with Gasteiger partial charge in [-0.05, 0) is 31.0 Å². The molecule has 1 rings (SSSR count). The Kier molecular flexibility index (Phi) is 5.22. The predicted molar refractivity (Wildman–Crippen MR) is 71.1 cm³/mol. The van der Waals surface area contributed by atoms with E-state index in [2.05, 4.69) is 11.2 Å². The van der Waals surface area contributed by atoms with Gasteiger partial charge in [0.05, 0.1) is 6.54 Å². The summed E-state index contributed by atoms with van der Waals surface area (Å²) in [5.74, 6) is 2.77. The van der Waals surface area contributed by atoms with Gasteiger partial charge in [-0.1, -0.05) is 18.1 Å². The van der Waals surface area contributed by atoms with Crippen LogP contribution in [0.1, 0.15) is 24.1 Å². The molecule has 0 bridgehead atoms. The SMILES string of the molecule is C#CCNC(=O)COc1ccc(C(C)N)cc1C. The van der Waals surface area contributed by atoms with Gasteiger partial charge in [0, 0.05) is 6.04 Å². The lowest BCUT2D eigenvalue weighted by molar-refractivity contribution is -0.122. The number of aryl methyl sites for hydroxylation is 1. The van der Waals surface area contributed by atoms with Crippen LogP contribution in [0, 0.1) is 19.3 Å². The van der Waals surface area contributed by atoms with Crippen molar-refractivity contribution in [3.63, 3.8) is 0 Å². The van der Waals surface area contributed by atoms with E-state index in [1.165, 1.54) is 0 Å². The summed E-state index contributed by atoms with van der Waals surface area (Å²) in [6, 6.07) is 5.66. The Labute approximate surface area is 108 Å². The van der Waals surface area contributed by atoms with Crippen molar-refractivity contribution in [2.75, 3.05) is 13.2 Å². The van der Waals surface area contributed by atoms with Gasteiger partial charge in [-0.2, -0.15) is 0 Å². The lowest BCUT2D eigenvalue weighted by Crippen LogP contribution is -2.29. The highest BCUT2D eigenvalue weighted by Crippen LogP contribution is 2.21. The third-order valence-electron chi connectivity index (χ3n) is 2.47. The first-order valence-corrected chi connectivity index (χ1v) is 5.73. The van der Waals surface area contributed by atoms with Crippen LogP contribution in [0.15, 0.2) is 18.2 Å².